The van der Waals surface area contributed by atoms with Gasteiger partial charge in [0.2, 0.25) is 0 Å². The Morgan fingerprint density at radius 2 is 1.77 bits per heavy atom. The molecule has 0 spiro atoms. The third-order valence-corrected chi connectivity index (χ3v) is 2.08. The lowest BCUT2D eigenvalue weighted by atomic mass is 10.1. The molecule has 1 N–H and O–H groups in total. The molecule has 0 amide bonds. The van der Waals surface area contributed by atoms with E-state index in [4.69, 9.17) is 0 Å². The van der Waals surface area contributed by atoms with Crippen LogP contribution in [0.4, 0.5) is 0 Å². The van der Waals surface area contributed by atoms with Crippen LogP contribution in [0, 0.1) is 0 Å². The van der Waals surface area contributed by atoms with Crippen molar-refractivity contribution in [1.82, 2.24) is 0 Å². The van der Waals surface area contributed by atoms with Crippen LogP contribution in [0.15, 0.2) is 36.4 Å². The fourth-order valence-electron chi connectivity index (χ4n) is 1.26. The zero-order valence-electron chi connectivity index (χ0n) is 6.73. The van der Waals surface area contributed by atoms with E-state index in [-0.39, 0.29) is 5.75 Å². The van der Waals surface area contributed by atoms with Gasteiger partial charge in [-0.15, -0.1) is 3.84 Å². The molecule has 0 aromatic heterocycles. The second-order valence-corrected chi connectivity index (χ2v) is 2.94. The Morgan fingerprint density at radius 3 is 2.54 bits per heavy atom. The van der Waals surface area contributed by atoms with Crippen molar-refractivity contribution in [1.29, 1.82) is 0 Å². The molecule has 3 heteroatoms. The van der Waals surface area contributed by atoms with Crippen molar-refractivity contribution < 1.29 is 8.95 Å². The van der Waals surface area contributed by atoms with E-state index in [0.717, 1.165) is 10.8 Å². The molecule has 0 saturated heterocycles. The van der Waals surface area contributed by atoms with Crippen LogP contribution >= 0.6 is 0 Å². The minimum absolute atomic E-state index is 0.244. The van der Waals surface area contributed by atoms with Crippen molar-refractivity contribution >= 4 is 23.3 Å². The van der Waals surface area contributed by atoms with Crippen LogP contribution in [0.2, 0.25) is 0 Å². The zero-order chi connectivity index (χ0) is 9.26. The zero-order valence-corrected chi connectivity index (χ0v) is 7.54. The third kappa shape index (κ3) is 1.51. The maximum Gasteiger partial charge on any atom is 0.481 e. The summed E-state index contributed by atoms with van der Waals surface area (Å²) in [6, 6.07) is 10.7. The van der Waals surface area contributed by atoms with Gasteiger partial charge < -0.3 is 5.11 Å². The molecule has 13 heavy (non-hydrogen) atoms. The molecule has 0 bridgehead atoms. The largest absolute Gasteiger partial charge is 0.508 e. The van der Waals surface area contributed by atoms with Gasteiger partial charge in [0.1, 0.15) is 5.75 Å². The van der Waals surface area contributed by atoms with Gasteiger partial charge in [-0.05, 0) is 29.0 Å². The van der Waals surface area contributed by atoms with Crippen molar-refractivity contribution in [3.63, 3.8) is 0 Å². The van der Waals surface area contributed by atoms with Gasteiger partial charge in [-0.3, -0.25) is 0 Å². The highest BCUT2D eigenvalue weighted by Crippen LogP contribution is 2.24. The first-order valence-corrected chi connectivity index (χ1v) is 4.15. The summed E-state index contributed by atoms with van der Waals surface area (Å²) in [5.74, 6) is 0.863. The molecular weight excluding hydrogens is 184 g/mol. The summed E-state index contributed by atoms with van der Waals surface area (Å²) in [5, 5.41) is 11.2. The van der Waals surface area contributed by atoms with Crippen LogP contribution in [0.25, 0.3) is 10.8 Å². The van der Waals surface area contributed by atoms with Gasteiger partial charge in [-0.1, -0.05) is 6.07 Å². The lowest BCUT2D eigenvalue weighted by Gasteiger charge is -1.95. The maximum atomic E-state index is 9.23. The van der Waals surface area contributed by atoms with Crippen LogP contribution in [-0.2, 0) is 16.4 Å². The first-order chi connectivity index (χ1) is 6.29. The van der Waals surface area contributed by atoms with Crippen LogP contribution < -0.4 is 0 Å². The van der Waals surface area contributed by atoms with E-state index in [1.165, 1.54) is 0 Å². The van der Waals surface area contributed by atoms with Crippen molar-refractivity contribution in [2.24, 2.45) is 0 Å². The van der Waals surface area contributed by atoms with E-state index >= 15 is 0 Å². The molecule has 0 heterocycles. The highest BCUT2D eigenvalue weighted by Gasteiger charge is 2.03. The van der Waals surface area contributed by atoms with Gasteiger partial charge in [-0.2, -0.15) is 0 Å². The molecule has 0 unspecified atom stereocenters. The number of fused-ring (bicyclic) bond motifs is 1. The van der Waals surface area contributed by atoms with Crippen LogP contribution in [-0.4, -0.2) is 5.11 Å². The standard InChI is InChI=1S/C10H6O2S/c11-9-3-1-7-2-4-10(12-13)6-8(7)5-9/h1-6H/p+1. The normalized spacial score (nSPS) is 10.2. The quantitative estimate of drug-likeness (QED) is 0.703. The van der Waals surface area contributed by atoms with Crippen LogP contribution in [0.5, 0.6) is 11.5 Å². The molecule has 0 fully saturated rings. The number of benzene rings is 2. The Bertz CT molecular complexity index is 465. The highest BCUT2D eigenvalue weighted by atomic mass is 32.1. The third-order valence-electron chi connectivity index (χ3n) is 1.89. The van der Waals surface area contributed by atoms with E-state index < -0.39 is 0 Å². The summed E-state index contributed by atoms with van der Waals surface area (Å²) in [4.78, 5) is 0. The van der Waals surface area contributed by atoms with Crippen molar-refractivity contribution in [3.8, 4) is 11.5 Å². The van der Waals surface area contributed by atoms with E-state index in [1.807, 2.05) is 12.1 Å². The Labute approximate surface area is 80.7 Å². The summed E-state index contributed by atoms with van der Waals surface area (Å²) < 4.78 is 4.66. The summed E-state index contributed by atoms with van der Waals surface area (Å²) >= 11 is 4.45. The lowest BCUT2D eigenvalue weighted by Crippen LogP contribution is -1.72. The summed E-state index contributed by atoms with van der Waals surface area (Å²) in [6.45, 7) is 0. The predicted octanol–water partition coefficient (Wildman–Crippen LogP) is 2.69. The Morgan fingerprint density at radius 1 is 1.00 bits per heavy atom. The van der Waals surface area contributed by atoms with Crippen molar-refractivity contribution in [2.45, 2.75) is 0 Å². The van der Waals surface area contributed by atoms with E-state index in [9.17, 15) is 5.11 Å². The average Bonchev–Trinajstić information content (AvgIpc) is 2.16. The van der Waals surface area contributed by atoms with Gasteiger partial charge >= 0.3 is 18.3 Å². The fourth-order valence-corrected chi connectivity index (χ4v) is 1.37. The predicted molar refractivity (Wildman–Crippen MR) is 53.1 cm³/mol. The average molecular weight is 191 g/mol. The SMILES string of the molecule is Oc1ccc2ccc([O+]=S)cc2c1. The second-order valence-electron chi connectivity index (χ2n) is 2.78. The number of hydrogen-bond acceptors (Lipinski definition) is 2. The topological polar surface area (TPSA) is 31.5 Å². The van der Waals surface area contributed by atoms with E-state index in [1.54, 1.807) is 24.3 Å². The molecule has 0 atom stereocenters. The molecule has 0 radical (unpaired) electrons. The van der Waals surface area contributed by atoms with E-state index in [2.05, 4.69) is 16.4 Å². The Balaban J connectivity index is 2.74. The molecular formula is C10H7O2S+. The molecule has 0 aliphatic rings. The first-order valence-electron chi connectivity index (χ1n) is 3.82. The minimum Gasteiger partial charge on any atom is -0.508 e. The fraction of sp³-hybridized carbons (Fsp3) is 0. The number of aromatic hydroxyl groups is 1. The number of phenols is 1. The summed E-state index contributed by atoms with van der Waals surface area (Å²) in [7, 11) is 0. The minimum atomic E-state index is 0.244. The molecule has 2 aromatic carbocycles. The van der Waals surface area contributed by atoms with Gasteiger partial charge in [0.05, 0.1) is 6.07 Å². The highest BCUT2D eigenvalue weighted by molar-refractivity contribution is 7.44. The second kappa shape index (κ2) is 3.11. The molecule has 0 saturated carbocycles. The van der Waals surface area contributed by atoms with Crippen molar-refractivity contribution in [2.75, 3.05) is 0 Å². The first kappa shape index (κ1) is 8.13. The maximum absolute atomic E-state index is 9.23. The Kier molecular flexibility index (Phi) is 1.94. The number of rotatable bonds is 1. The molecule has 2 nitrogen and oxygen atoms in total. The molecule has 64 valence electrons. The van der Waals surface area contributed by atoms with Gasteiger partial charge in [-0.25, -0.2) is 0 Å². The Hall–Kier alpha value is -1.48. The lowest BCUT2D eigenvalue weighted by molar-refractivity contribution is 0.293. The smallest absolute Gasteiger partial charge is 0.481 e. The summed E-state index contributed by atoms with van der Waals surface area (Å²) in [5.41, 5.74) is 0. The molecule has 0 aliphatic heterocycles. The number of phenolic OH excluding ortho intramolecular Hbond substituents is 1. The van der Waals surface area contributed by atoms with E-state index in [0.29, 0.717) is 5.75 Å². The molecule has 2 aromatic rings. The number of hydrogen-bond donors (Lipinski definition) is 1. The van der Waals surface area contributed by atoms with Gasteiger partial charge in [0, 0.05) is 6.07 Å². The van der Waals surface area contributed by atoms with Crippen LogP contribution in [0.1, 0.15) is 0 Å². The van der Waals surface area contributed by atoms with Gasteiger partial charge in [0.25, 0.3) is 0 Å². The monoisotopic (exact) mass is 191 g/mol. The summed E-state index contributed by atoms with van der Waals surface area (Å²) in [6.07, 6.45) is 0. The van der Waals surface area contributed by atoms with Gasteiger partial charge in [0.15, 0.2) is 0 Å². The van der Waals surface area contributed by atoms with Crippen molar-refractivity contribution in [3.05, 3.63) is 36.4 Å². The molecule has 0 aliphatic carbocycles. The van der Waals surface area contributed by atoms with Crippen LogP contribution in [0.3, 0.4) is 0 Å². The molecule has 2 rings (SSSR count).